The molecular weight excluding hydrogens is 494 g/mol. The van der Waals surface area contributed by atoms with Gasteiger partial charge in [0.15, 0.2) is 6.61 Å². The van der Waals surface area contributed by atoms with E-state index in [-0.39, 0.29) is 22.8 Å². The van der Waals surface area contributed by atoms with Gasteiger partial charge < -0.3 is 10.1 Å². The molecule has 0 atom stereocenters. The lowest BCUT2D eigenvalue weighted by Gasteiger charge is -2.20. The lowest BCUT2D eigenvalue weighted by molar-refractivity contribution is -0.118. The van der Waals surface area contributed by atoms with E-state index in [0.717, 1.165) is 10.0 Å². The molecule has 0 saturated carbocycles. The molecule has 9 heteroatoms. The number of amides is 1. The number of carbonyl (C=O) groups excluding carboxylic acids is 1. The second kappa shape index (κ2) is 9.70. The van der Waals surface area contributed by atoms with Gasteiger partial charge in [-0.25, -0.2) is 8.42 Å². The maximum Gasteiger partial charge on any atom is 0.262 e. The molecule has 0 bridgehead atoms. The number of anilines is 2. The predicted octanol–water partition coefficient (Wildman–Crippen LogP) is 4.96. The number of ether oxygens (including phenoxy) is 1. The van der Waals surface area contributed by atoms with Gasteiger partial charge in [-0.3, -0.25) is 14.5 Å². The van der Waals surface area contributed by atoms with Gasteiger partial charge in [0.05, 0.1) is 21.3 Å². The van der Waals surface area contributed by atoms with E-state index in [1.165, 1.54) is 30.5 Å². The van der Waals surface area contributed by atoms with Crippen LogP contribution in [0.1, 0.15) is 26.3 Å². The number of nitrogens with one attached hydrogen (secondary N) is 2. The summed E-state index contributed by atoms with van der Waals surface area (Å²) in [5, 5.41) is 2.69. The van der Waals surface area contributed by atoms with E-state index in [2.05, 4.69) is 51.7 Å². The Labute approximate surface area is 196 Å². The Bertz CT molecular complexity index is 1190. The van der Waals surface area contributed by atoms with E-state index in [0.29, 0.717) is 17.1 Å². The molecule has 0 saturated heterocycles. The first-order valence-electron chi connectivity index (χ1n) is 9.80. The summed E-state index contributed by atoms with van der Waals surface area (Å²) in [5.41, 5.74) is 1.98. The maximum absolute atomic E-state index is 12.5. The van der Waals surface area contributed by atoms with Crippen molar-refractivity contribution < 1.29 is 17.9 Å². The maximum atomic E-state index is 12.5. The van der Waals surface area contributed by atoms with Gasteiger partial charge >= 0.3 is 0 Å². The van der Waals surface area contributed by atoms with E-state index >= 15 is 0 Å². The van der Waals surface area contributed by atoms with E-state index in [9.17, 15) is 13.2 Å². The Kier molecular flexibility index (Phi) is 7.20. The summed E-state index contributed by atoms with van der Waals surface area (Å²) >= 11 is 3.48. The smallest absolute Gasteiger partial charge is 0.262 e. The molecule has 0 radical (unpaired) electrons. The molecule has 2 N–H and O–H groups in total. The molecule has 0 spiro atoms. The van der Waals surface area contributed by atoms with E-state index in [1.54, 1.807) is 18.3 Å². The molecule has 0 aliphatic heterocycles. The third kappa shape index (κ3) is 6.30. The van der Waals surface area contributed by atoms with Crippen LogP contribution in [0, 0.1) is 0 Å². The van der Waals surface area contributed by atoms with Gasteiger partial charge in [-0.2, -0.15) is 0 Å². The molecule has 1 heterocycles. The zero-order valence-electron chi connectivity index (χ0n) is 17.9. The normalized spacial score (nSPS) is 11.6. The molecule has 7 nitrogen and oxygen atoms in total. The van der Waals surface area contributed by atoms with Gasteiger partial charge in [-0.15, -0.1) is 0 Å². The van der Waals surface area contributed by atoms with E-state index in [1.807, 2.05) is 18.2 Å². The summed E-state index contributed by atoms with van der Waals surface area (Å²) < 4.78 is 33.8. The molecule has 2 aromatic carbocycles. The van der Waals surface area contributed by atoms with E-state index in [4.69, 9.17) is 4.74 Å². The van der Waals surface area contributed by atoms with Crippen LogP contribution in [0.2, 0.25) is 0 Å². The fraction of sp³-hybridized carbons (Fsp3) is 0.217. The van der Waals surface area contributed by atoms with Crippen LogP contribution in [0.25, 0.3) is 0 Å². The summed E-state index contributed by atoms with van der Waals surface area (Å²) in [6.45, 7) is 6.17. The van der Waals surface area contributed by atoms with Crippen LogP contribution in [0.3, 0.4) is 0 Å². The highest BCUT2D eigenvalue weighted by Crippen LogP contribution is 2.31. The van der Waals surface area contributed by atoms with E-state index < -0.39 is 10.0 Å². The Hall–Kier alpha value is -2.91. The largest absolute Gasteiger partial charge is 0.483 e. The third-order valence-corrected chi connectivity index (χ3v) is 6.54. The fourth-order valence-electron chi connectivity index (χ4n) is 2.78. The number of hydrogen-bond donors (Lipinski definition) is 2. The van der Waals surface area contributed by atoms with Crippen molar-refractivity contribution in [1.82, 2.24) is 4.98 Å². The molecule has 1 aromatic heterocycles. The number of hydrogen-bond acceptors (Lipinski definition) is 5. The van der Waals surface area contributed by atoms with Crippen LogP contribution in [-0.2, 0) is 20.2 Å². The summed E-state index contributed by atoms with van der Waals surface area (Å²) in [6, 6.07) is 14.9. The van der Waals surface area contributed by atoms with Crippen LogP contribution >= 0.6 is 15.9 Å². The molecule has 168 valence electrons. The Morgan fingerprint density at radius 3 is 2.38 bits per heavy atom. The number of benzene rings is 2. The first-order chi connectivity index (χ1) is 15.0. The number of sulfonamides is 1. The fourth-order valence-corrected chi connectivity index (χ4v) is 4.32. The van der Waals surface area contributed by atoms with Crippen LogP contribution in [0.4, 0.5) is 11.4 Å². The summed E-state index contributed by atoms with van der Waals surface area (Å²) in [4.78, 5) is 16.2. The number of nitrogens with zero attached hydrogens (tertiary/aromatic N) is 1. The van der Waals surface area contributed by atoms with Crippen molar-refractivity contribution in [2.75, 3.05) is 16.6 Å². The third-order valence-electron chi connectivity index (χ3n) is 4.52. The number of aromatic nitrogens is 1. The van der Waals surface area contributed by atoms with Gasteiger partial charge in [0, 0.05) is 11.9 Å². The Morgan fingerprint density at radius 2 is 1.78 bits per heavy atom. The second-order valence-corrected chi connectivity index (χ2v) is 10.6. The Balaban J connectivity index is 1.58. The van der Waals surface area contributed by atoms with Gasteiger partial charge in [-0.1, -0.05) is 26.8 Å². The predicted molar refractivity (Wildman–Crippen MR) is 128 cm³/mol. The highest BCUT2D eigenvalue weighted by molar-refractivity contribution is 9.10. The topological polar surface area (TPSA) is 97.4 Å². The minimum atomic E-state index is -3.76. The number of carbonyl (C=O) groups is 1. The van der Waals surface area contributed by atoms with Gasteiger partial charge in [0.1, 0.15) is 5.75 Å². The first-order valence-corrected chi connectivity index (χ1v) is 12.1. The highest BCUT2D eigenvalue weighted by atomic mass is 79.9. The average molecular weight is 518 g/mol. The molecule has 3 rings (SSSR count). The molecule has 0 aliphatic rings. The van der Waals surface area contributed by atoms with Crippen LogP contribution in [-0.4, -0.2) is 25.9 Å². The quantitative estimate of drug-likeness (QED) is 0.461. The summed E-state index contributed by atoms with van der Waals surface area (Å²) in [7, 11) is -3.76. The first kappa shape index (κ1) is 23.7. The minimum absolute atomic E-state index is 0.00553. The zero-order valence-corrected chi connectivity index (χ0v) is 20.3. The van der Waals surface area contributed by atoms with Crippen molar-refractivity contribution in [1.29, 1.82) is 0 Å². The number of halogens is 1. The lowest BCUT2D eigenvalue weighted by atomic mass is 9.87. The van der Waals surface area contributed by atoms with Crippen molar-refractivity contribution in [2.24, 2.45) is 0 Å². The molecule has 32 heavy (non-hydrogen) atoms. The summed E-state index contributed by atoms with van der Waals surface area (Å²) in [6.07, 6.45) is 2.97. The van der Waals surface area contributed by atoms with Crippen LogP contribution < -0.4 is 14.8 Å². The van der Waals surface area contributed by atoms with Crippen molar-refractivity contribution in [2.45, 2.75) is 31.1 Å². The van der Waals surface area contributed by atoms with Crippen LogP contribution in [0.15, 0.2) is 76.4 Å². The van der Waals surface area contributed by atoms with Crippen molar-refractivity contribution in [3.63, 3.8) is 0 Å². The second-order valence-electron chi connectivity index (χ2n) is 8.10. The molecule has 0 unspecified atom stereocenters. The highest BCUT2D eigenvalue weighted by Gasteiger charge is 2.16. The zero-order chi connectivity index (χ0) is 23.4. The average Bonchev–Trinajstić information content (AvgIpc) is 2.73. The van der Waals surface area contributed by atoms with Crippen molar-refractivity contribution >= 4 is 43.2 Å². The monoisotopic (exact) mass is 517 g/mol. The van der Waals surface area contributed by atoms with Gasteiger partial charge in [0.25, 0.3) is 15.9 Å². The molecule has 0 fully saturated rings. The van der Waals surface area contributed by atoms with Crippen LogP contribution in [0.5, 0.6) is 5.75 Å². The minimum Gasteiger partial charge on any atom is -0.483 e. The SMILES string of the molecule is CC(C)(C)c1ccc(OCC(=O)Nc2ccc(S(=O)(=O)Nc3cccnc3)cc2)c(Br)c1. The van der Waals surface area contributed by atoms with Crippen molar-refractivity contribution in [3.05, 3.63) is 77.0 Å². The van der Waals surface area contributed by atoms with Crippen molar-refractivity contribution in [3.8, 4) is 5.75 Å². The molecule has 0 aliphatic carbocycles. The molecule has 3 aromatic rings. The molecule has 1 amide bonds. The number of rotatable bonds is 7. The standard InChI is InChI=1S/C23H24BrN3O4S/c1-23(2,3)16-6-11-21(20(24)13-16)31-15-22(28)26-17-7-9-19(10-8-17)32(29,30)27-18-5-4-12-25-14-18/h4-14,27H,15H2,1-3H3,(H,26,28). The molecular formula is C23H24BrN3O4S. The van der Waals surface area contributed by atoms with Gasteiger partial charge in [0.2, 0.25) is 0 Å². The van der Waals surface area contributed by atoms with Gasteiger partial charge in [-0.05, 0) is 75.4 Å². The Morgan fingerprint density at radius 1 is 1.06 bits per heavy atom. The lowest BCUT2D eigenvalue weighted by Crippen LogP contribution is -2.20. The summed E-state index contributed by atoms with van der Waals surface area (Å²) in [5.74, 6) is 0.206. The number of pyridine rings is 1.